The number of methoxy groups -OCH3 is 1. The number of hydrogen-bond donors (Lipinski definition) is 2. The molecule has 5 heteroatoms. The number of benzene rings is 2. The Hall–Kier alpha value is -2.69. The van der Waals surface area contributed by atoms with Crippen molar-refractivity contribution < 1.29 is 14.3 Å². The number of hydrogen-bond acceptors (Lipinski definition) is 5. The molecule has 0 aromatic heterocycles. The van der Waals surface area contributed by atoms with Crippen LogP contribution in [0.5, 0.6) is 5.75 Å². The Labute approximate surface area is 130 Å². The van der Waals surface area contributed by atoms with E-state index >= 15 is 0 Å². The minimum absolute atomic E-state index is 0.333. The van der Waals surface area contributed by atoms with E-state index in [9.17, 15) is 4.79 Å². The van der Waals surface area contributed by atoms with Crippen molar-refractivity contribution in [3.8, 4) is 5.75 Å². The van der Waals surface area contributed by atoms with E-state index in [0.717, 1.165) is 17.0 Å². The monoisotopic (exact) mass is 300 g/mol. The molecule has 3 N–H and O–H groups in total. The second kappa shape index (κ2) is 6.85. The Balaban J connectivity index is 2.27. The summed E-state index contributed by atoms with van der Waals surface area (Å²) in [6, 6.07) is 10.9. The van der Waals surface area contributed by atoms with Gasteiger partial charge < -0.3 is 20.5 Å². The van der Waals surface area contributed by atoms with Gasteiger partial charge in [0.05, 0.1) is 36.3 Å². The third-order valence-corrected chi connectivity index (χ3v) is 3.19. The van der Waals surface area contributed by atoms with E-state index in [-0.39, 0.29) is 5.97 Å². The first-order valence-electron chi connectivity index (χ1n) is 7.03. The van der Waals surface area contributed by atoms with Gasteiger partial charge >= 0.3 is 5.97 Å². The SMILES string of the molecule is CCOC(=O)c1ccc(Nc2cc(C)ccc2OC)c(N)c1. The van der Waals surface area contributed by atoms with E-state index in [0.29, 0.717) is 23.5 Å². The molecule has 0 saturated carbocycles. The second-order valence-electron chi connectivity index (χ2n) is 4.85. The zero-order valence-corrected chi connectivity index (χ0v) is 13.0. The summed E-state index contributed by atoms with van der Waals surface area (Å²) in [4.78, 5) is 11.7. The number of rotatable bonds is 5. The highest BCUT2D eigenvalue weighted by atomic mass is 16.5. The lowest BCUT2D eigenvalue weighted by Crippen LogP contribution is -2.06. The van der Waals surface area contributed by atoms with Gasteiger partial charge in [-0.25, -0.2) is 4.79 Å². The highest BCUT2D eigenvalue weighted by Crippen LogP contribution is 2.31. The molecule has 0 spiro atoms. The Morgan fingerprint density at radius 3 is 2.59 bits per heavy atom. The summed E-state index contributed by atoms with van der Waals surface area (Å²) in [7, 11) is 1.61. The van der Waals surface area contributed by atoms with Crippen molar-refractivity contribution in [3.63, 3.8) is 0 Å². The van der Waals surface area contributed by atoms with Gasteiger partial charge in [-0.15, -0.1) is 0 Å². The molecule has 2 aromatic rings. The topological polar surface area (TPSA) is 73.6 Å². The molecule has 0 radical (unpaired) electrons. The Kier molecular flexibility index (Phi) is 4.88. The number of esters is 1. The van der Waals surface area contributed by atoms with Crippen LogP contribution >= 0.6 is 0 Å². The number of nitrogens with one attached hydrogen (secondary N) is 1. The van der Waals surface area contributed by atoms with Crippen LogP contribution in [-0.4, -0.2) is 19.7 Å². The maximum atomic E-state index is 11.7. The van der Waals surface area contributed by atoms with E-state index in [1.54, 1.807) is 32.2 Å². The molecule has 0 fully saturated rings. The molecule has 0 atom stereocenters. The van der Waals surface area contributed by atoms with E-state index in [4.69, 9.17) is 15.2 Å². The van der Waals surface area contributed by atoms with E-state index in [1.165, 1.54) is 0 Å². The van der Waals surface area contributed by atoms with Crippen LogP contribution in [0.1, 0.15) is 22.8 Å². The molecule has 116 valence electrons. The molecule has 0 amide bonds. The number of nitrogen functional groups attached to an aromatic ring is 1. The summed E-state index contributed by atoms with van der Waals surface area (Å²) >= 11 is 0. The van der Waals surface area contributed by atoms with Gasteiger partial charge in [0.2, 0.25) is 0 Å². The molecule has 0 aliphatic rings. The van der Waals surface area contributed by atoms with E-state index < -0.39 is 0 Å². The summed E-state index contributed by atoms with van der Waals surface area (Å²) in [5, 5.41) is 3.23. The number of carbonyl (C=O) groups excluding carboxylic acids is 1. The Bertz CT molecular complexity index is 684. The van der Waals surface area contributed by atoms with Crippen LogP contribution in [0.3, 0.4) is 0 Å². The molecule has 5 nitrogen and oxygen atoms in total. The first kappa shape index (κ1) is 15.7. The van der Waals surface area contributed by atoms with Crippen LogP contribution in [0.2, 0.25) is 0 Å². The predicted octanol–water partition coefficient (Wildman–Crippen LogP) is 3.51. The molecular formula is C17H20N2O3. The van der Waals surface area contributed by atoms with Gasteiger partial charge in [0.1, 0.15) is 5.75 Å². The number of carbonyl (C=O) groups is 1. The predicted molar refractivity (Wildman–Crippen MR) is 87.8 cm³/mol. The smallest absolute Gasteiger partial charge is 0.338 e. The average molecular weight is 300 g/mol. The van der Waals surface area contributed by atoms with Crippen molar-refractivity contribution >= 4 is 23.0 Å². The maximum Gasteiger partial charge on any atom is 0.338 e. The summed E-state index contributed by atoms with van der Waals surface area (Å²) in [5.74, 6) is 0.341. The molecule has 22 heavy (non-hydrogen) atoms. The third-order valence-electron chi connectivity index (χ3n) is 3.19. The van der Waals surface area contributed by atoms with E-state index in [1.807, 2.05) is 25.1 Å². The Morgan fingerprint density at radius 1 is 1.18 bits per heavy atom. The number of aryl methyl sites for hydroxylation is 1. The highest BCUT2D eigenvalue weighted by Gasteiger charge is 2.10. The van der Waals surface area contributed by atoms with Crippen molar-refractivity contribution in [1.82, 2.24) is 0 Å². The van der Waals surface area contributed by atoms with Crippen LogP contribution in [0, 0.1) is 6.92 Å². The fourth-order valence-electron chi connectivity index (χ4n) is 2.08. The summed E-state index contributed by atoms with van der Waals surface area (Å²) in [5.41, 5.74) is 9.55. The number of nitrogens with two attached hydrogens (primary N) is 1. The lowest BCUT2D eigenvalue weighted by Gasteiger charge is -2.14. The molecule has 0 bridgehead atoms. The molecule has 0 unspecified atom stereocenters. The van der Waals surface area contributed by atoms with Crippen molar-refractivity contribution in [2.24, 2.45) is 0 Å². The first-order chi connectivity index (χ1) is 10.5. The third kappa shape index (κ3) is 3.49. The normalized spacial score (nSPS) is 10.1. The van der Waals surface area contributed by atoms with Gasteiger partial charge in [0, 0.05) is 0 Å². The van der Waals surface area contributed by atoms with Crippen LogP contribution in [0.25, 0.3) is 0 Å². The number of ether oxygens (including phenoxy) is 2. The van der Waals surface area contributed by atoms with Gasteiger partial charge in [-0.1, -0.05) is 6.07 Å². The standard InChI is InChI=1S/C17H20N2O3/c1-4-22-17(20)12-6-7-14(13(18)10-12)19-15-9-11(2)5-8-16(15)21-3/h5-10,19H,4,18H2,1-3H3. The molecule has 2 rings (SSSR count). The van der Waals surface area contributed by atoms with Crippen LogP contribution in [-0.2, 0) is 4.74 Å². The lowest BCUT2D eigenvalue weighted by atomic mass is 10.1. The highest BCUT2D eigenvalue weighted by molar-refractivity contribution is 5.92. The largest absolute Gasteiger partial charge is 0.495 e. The first-order valence-corrected chi connectivity index (χ1v) is 7.03. The molecule has 0 aliphatic carbocycles. The molecule has 0 aliphatic heterocycles. The fourth-order valence-corrected chi connectivity index (χ4v) is 2.08. The minimum atomic E-state index is -0.381. The molecule has 0 heterocycles. The van der Waals surface area contributed by atoms with Crippen molar-refractivity contribution in [1.29, 1.82) is 0 Å². The van der Waals surface area contributed by atoms with Gasteiger partial charge in [-0.05, 0) is 49.7 Å². The maximum absolute atomic E-state index is 11.7. The van der Waals surface area contributed by atoms with Crippen LogP contribution < -0.4 is 15.8 Å². The van der Waals surface area contributed by atoms with Crippen LogP contribution in [0.4, 0.5) is 17.1 Å². The quantitative estimate of drug-likeness (QED) is 0.653. The minimum Gasteiger partial charge on any atom is -0.495 e. The molecule has 0 saturated heterocycles. The van der Waals surface area contributed by atoms with Gasteiger partial charge in [-0.3, -0.25) is 0 Å². The van der Waals surface area contributed by atoms with Crippen molar-refractivity contribution in [3.05, 3.63) is 47.5 Å². The zero-order valence-electron chi connectivity index (χ0n) is 13.0. The van der Waals surface area contributed by atoms with Gasteiger partial charge in [-0.2, -0.15) is 0 Å². The Morgan fingerprint density at radius 2 is 1.95 bits per heavy atom. The fraction of sp³-hybridized carbons (Fsp3) is 0.235. The van der Waals surface area contributed by atoms with Crippen LogP contribution in [0.15, 0.2) is 36.4 Å². The number of anilines is 3. The second-order valence-corrected chi connectivity index (χ2v) is 4.85. The summed E-state index contributed by atoms with van der Waals surface area (Å²) in [6.07, 6.45) is 0. The van der Waals surface area contributed by atoms with E-state index in [2.05, 4.69) is 5.32 Å². The summed E-state index contributed by atoms with van der Waals surface area (Å²) in [6.45, 7) is 4.10. The summed E-state index contributed by atoms with van der Waals surface area (Å²) < 4.78 is 10.3. The van der Waals surface area contributed by atoms with Crippen molar-refractivity contribution in [2.45, 2.75) is 13.8 Å². The lowest BCUT2D eigenvalue weighted by molar-refractivity contribution is 0.0526. The van der Waals surface area contributed by atoms with Crippen molar-refractivity contribution in [2.75, 3.05) is 24.8 Å². The van der Waals surface area contributed by atoms with Gasteiger partial charge in [0.25, 0.3) is 0 Å². The molecular weight excluding hydrogens is 280 g/mol. The average Bonchev–Trinajstić information content (AvgIpc) is 2.50. The van der Waals surface area contributed by atoms with Gasteiger partial charge in [0.15, 0.2) is 0 Å². The zero-order chi connectivity index (χ0) is 16.1. The molecule has 2 aromatic carbocycles.